The van der Waals surface area contributed by atoms with E-state index >= 15 is 0 Å². The highest BCUT2D eigenvalue weighted by Gasteiger charge is 2.20. The van der Waals surface area contributed by atoms with E-state index in [0.29, 0.717) is 0 Å². The van der Waals surface area contributed by atoms with Gasteiger partial charge in [-0.1, -0.05) is 12.1 Å². The summed E-state index contributed by atoms with van der Waals surface area (Å²) >= 11 is 0. The van der Waals surface area contributed by atoms with Gasteiger partial charge in [-0.25, -0.2) is 9.97 Å². The fourth-order valence-corrected chi connectivity index (χ4v) is 2.91. The Labute approximate surface area is 131 Å². The molecule has 1 aliphatic rings. The maximum atomic E-state index is 5.30. The summed E-state index contributed by atoms with van der Waals surface area (Å²) in [5.41, 5.74) is 3.64. The van der Waals surface area contributed by atoms with Gasteiger partial charge in [0, 0.05) is 38.7 Å². The standard InChI is InChI=1S/C17H22N4O/c1-20-8-7-16-15(11-20)17(19-12-18-16)21(2)10-13-5-4-6-14(9-13)22-3/h4-6,9,12H,7-8,10-11H2,1-3H3. The summed E-state index contributed by atoms with van der Waals surface area (Å²) in [5.74, 6) is 1.91. The van der Waals surface area contributed by atoms with Gasteiger partial charge in [0.1, 0.15) is 17.9 Å². The molecule has 0 saturated heterocycles. The molecule has 1 aliphatic heterocycles. The highest BCUT2D eigenvalue weighted by atomic mass is 16.5. The van der Waals surface area contributed by atoms with Gasteiger partial charge in [-0.2, -0.15) is 0 Å². The lowest BCUT2D eigenvalue weighted by Crippen LogP contribution is -2.30. The molecule has 1 aromatic carbocycles. The average Bonchev–Trinajstić information content (AvgIpc) is 2.54. The lowest BCUT2D eigenvalue weighted by molar-refractivity contribution is 0.309. The van der Waals surface area contributed by atoms with Crippen molar-refractivity contribution in [2.75, 3.05) is 32.6 Å². The van der Waals surface area contributed by atoms with E-state index in [1.807, 2.05) is 12.1 Å². The molecule has 0 saturated carbocycles. The minimum Gasteiger partial charge on any atom is -0.497 e. The molecule has 5 nitrogen and oxygen atoms in total. The van der Waals surface area contributed by atoms with Crippen molar-refractivity contribution in [3.05, 3.63) is 47.4 Å². The van der Waals surface area contributed by atoms with Crippen molar-refractivity contribution in [2.45, 2.75) is 19.5 Å². The Bertz CT molecular complexity index is 659. The van der Waals surface area contributed by atoms with E-state index in [0.717, 1.165) is 37.6 Å². The molecular weight excluding hydrogens is 276 g/mol. The number of methoxy groups -OCH3 is 1. The molecule has 2 heterocycles. The molecular formula is C17H22N4O. The van der Waals surface area contributed by atoms with Crippen LogP contribution in [-0.2, 0) is 19.5 Å². The van der Waals surface area contributed by atoms with Crippen LogP contribution in [0.25, 0.3) is 0 Å². The molecule has 0 fully saturated rings. The predicted octanol–water partition coefficient (Wildman–Crippen LogP) is 2.11. The number of benzene rings is 1. The van der Waals surface area contributed by atoms with E-state index in [9.17, 15) is 0 Å². The van der Waals surface area contributed by atoms with Crippen LogP contribution in [0.1, 0.15) is 16.8 Å². The molecule has 2 aromatic rings. The first-order chi connectivity index (χ1) is 10.7. The number of ether oxygens (including phenoxy) is 1. The number of anilines is 1. The van der Waals surface area contributed by atoms with Crippen LogP contribution in [0.5, 0.6) is 5.75 Å². The third kappa shape index (κ3) is 3.04. The van der Waals surface area contributed by atoms with Crippen molar-refractivity contribution in [3.8, 4) is 5.75 Å². The van der Waals surface area contributed by atoms with Crippen LogP contribution < -0.4 is 9.64 Å². The quantitative estimate of drug-likeness (QED) is 0.865. The summed E-state index contributed by atoms with van der Waals surface area (Å²) in [7, 11) is 5.91. The molecule has 116 valence electrons. The normalized spacial score (nSPS) is 14.5. The molecule has 1 aromatic heterocycles. The second-order valence-electron chi connectivity index (χ2n) is 5.82. The van der Waals surface area contributed by atoms with Gasteiger partial charge in [0.15, 0.2) is 0 Å². The zero-order valence-electron chi connectivity index (χ0n) is 13.4. The molecule has 0 radical (unpaired) electrons. The van der Waals surface area contributed by atoms with Crippen LogP contribution in [0.4, 0.5) is 5.82 Å². The minimum absolute atomic E-state index is 0.796. The first-order valence-electron chi connectivity index (χ1n) is 7.52. The van der Waals surface area contributed by atoms with E-state index < -0.39 is 0 Å². The summed E-state index contributed by atoms with van der Waals surface area (Å²) in [6.07, 6.45) is 2.68. The number of hydrogen-bond donors (Lipinski definition) is 0. The van der Waals surface area contributed by atoms with Gasteiger partial charge >= 0.3 is 0 Å². The van der Waals surface area contributed by atoms with E-state index in [1.54, 1.807) is 13.4 Å². The molecule has 0 aliphatic carbocycles. The van der Waals surface area contributed by atoms with Crippen molar-refractivity contribution in [2.24, 2.45) is 0 Å². The van der Waals surface area contributed by atoms with E-state index in [-0.39, 0.29) is 0 Å². The summed E-state index contributed by atoms with van der Waals surface area (Å²) in [5, 5.41) is 0. The summed E-state index contributed by atoms with van der Waals surface area (Å²) in [6, 6.07) is 8.16. The van der Waals surface area contributed by atoms with Crippen molar-refractivity contribution >= 4 is 5.82 Å². The second kappa shape index (κ2) is 6.32. The van der Waals surface area contributed by atoms with Crippen LogP contribution in [0.3, 0.4) is 0 Å². The fraction of sp³-hybridized carbons (Fsp3) is 0.412. The van der Waals surface area contributed by atoms with Crippen molar-refractivity contribution in [3.63, 3.8) is 0 Å². The van der Waals surface area contributed by atoms with Gasteiger partial charge in [0.05, 0.1) is 12.8 Å². The number of nitrogens with zero attached hydrogens (tertiary/aromatic N) is 4. The highest BCUT2D eigenvalue weighted by Crippen LogP contribution is 2.25. The van der Waals surface area contributed by atoms with E-state index in [1.165, 1.54) is 16.8 Å². The SMILES string of the molecule is COc1cccc(CN(C)c2ncnc3c2CN(C)CC3)c1. The van der Waals surface area contributed by atoms with Crippen LogP contribution in [0, 0.1) is 0 Å². The zero-order chi connectivity index (χ0) is 15.5. The topological polar surface area (TPSA) is 41.5 Å². The minimum atomic E-state index is 0.796. The molecule has 0 bridgehead atoms. The zero-order valence-corrected chi connectivity index (χ0v) is 13.4. The van der Waals surface area contributed by atoms with Crippen molar-refractivity contribution in [1.82, 2.24) is 14.9 Å². The Morgan fingerprint density at radius 1 is 1.32 bits per heavy atom. The molecule has 0 N–H and O–H groups in total. The highest BCUT2D eigenvalue weighted by molar-refractivity contribution is 5.49. The Morgan fingerprint density at radius 2 is 2.18 bits per heavy atom. The van der Waals surface area contributed by atoms with Crippen molar-refractivity contribution in [1.29, 1.82) is 0 Å². The second-order valence-corrected chi connectivity index (χ2v) is 5.82. The van der Waals surface area contributed by atoms with Crippen LogP contribution in [-0.4, -0.2) is 42.6 Å². The third-order valence-electron chi connectivity index (χ3n) is 4.09. The first-order valence-corrected chi connectivity index (χ1v) is 7.52. The number of hydrogen-bond acceptors (Lipinski definition) is 5. The monoisotopic (exact) mass is 298 g/mol. The van der Waals surface area contributed by atoms with Gasteiger partial charge < -0.3 is 14.5 Å². The maximum Gasteiger partial charge on any atom is 0.136 e. The number of rotatable bonds is 4. The molecule has 5 heteroatoms. The number of fused-ring (bicyclic) bond motifs is 1. The molecule has 3 rings (SSSR count). The molecule has 0 spiro atoms. The fourth-order valence-electron chi connectivity index (χ4n) is 2.91. The van der Waals surface area contributed by atoms with Gasteiger partial charge in [-0.15, -0.1) is 0 Å². The van der Waals surface area contributed by atoms with Crippen LogP contribution in [0.15, 0.2) is 30.6 Å². The Hall–Kier alpha value is -2.14. The Morgan fingerprint density at radius 3 is 3.00 bits per heavy atom. The Balaban J connectivity index is 1.84. The molecule has 22 heavy (non-hydrogen) atoms. The lowest BCUT2D eigenvalue weighted by Gasteiger charge is -2.28. The summed E-state index contributed by atoms with van der Waals surface area (Å²) in [4.78, 5) is 13.5. The lowest BCUT2D eigenvalue weighted by atomic mass is 10.1. The van der Waals surface area contributed by atoms with Gasteiger partial charge in [0.2, 0.25) is 0 Å². The summed E-state index contributed by atoms with van der Waals surface area (Å²) in [6.45, 7) is 2.77. The van der Waals surface area contributed by atoms with Crippen LogP contribution >= 0.6 is 0 Å². The molecule has 0 unspecified atom stereocenters. The Kier molecular flexibility index (Phi) is 4.24. The van der Waals surface area contributed by atoms with Crippen LogP contribution in [0.2, 0.25) is 0 Å². The van der Waals surface area contributed by atoms with E-state index in [4.69, 9.17) is 4.74 Å². The first kappa shape index (κ1) is 14.8. The smallest absolute Gasteiger partial charge is 0.136 e. The number of aromatic nitrogens is 2. The largest absolute Gasteiger partial charge is 0.497 e. The third-order valence-corrected chi connectivity index (χ3v) is 4.09. The molecule has 0 atom stereocenters. The van der Waals surface area contributed by atoms with Gasteiger partial charge in [-0.3, -0.25) is 0 Å². The van der Waals surface area contributed by atoms with E-state index in [2.05, 4.69) is 46.0 Å². The molecule has 0 amide bonds. The van der Waals surface area contributed by atoms with Gasteiger partial charge in [0.25, 0.3) is 0 Å². The number of likely N-dealkylation sites (N-methyl/N-ethyl adjacent to an activating group) is 1. The van der Waals surface area contributed by atoms with Crippen molar-refractivity contribution < 1.29 is 4.74 Å². The average molecular weight is 298 g/mol. The van der Waals surface area contributed by atoms with Gasteiger partial charge in [-0.05, 0) is 24.7 Å². The predicted molar refractivity (Wildman–Crippen MR) is 87.2 cm³/mol. The maximum absolute atomic E-state index is 5.30. The summed E-state index contributed by atoms with van der Waals surface area (Å²) < 4.78 is 5.30.